The van der Waals surface area contributed by atoms with E-state index in [0.717, 1.165) is 11.1 Å². The quantitative estimate of drug-likeness (QED) is 0.285. The van der Waals surface area contributed by atoms with Crippen LogP contribution in [-0.2, 0) is 20.9 Å². The van der Waals surface area contributed by atoms with Gasteiger partial charge in [-0.3, -0.25) is 9.59 Å². The van der Waals surface area contributed by atoms with Crippen LogP contribution in [0, 0.1) is 0 Å². The zero-order valence-electron chi connectivity index (χ0n) is 23.1. The van der Waals surface area contributed by atoms with Crippen LogP contribution in [0.25, 0.3) is 0 Å². The van der Waals surface area contributed by atoms with Crippen LogP contribution in [0.5, 0.6) is 11.5 Å². The molecule has 3 aromatic carbocycles. The highest BCUT2D eigenvalue weighted by molar-refractivity contribution is 6.30. The predicted octanol–water partition coefficient (Wildman–Crippen LogP) is 5.08. The van der Waals surface area contributed by atoms with E-state index in [1.807, 2.05) is 24.3 Å². The molecule has 2 heterocycles. The maximum absolute atomic E-state index is 12.3. The molecule has 4 atom stereocenters. The minimum atomic E-state index is -0.619. The molecule has 3 aromatic rings. The van der Waals surface area contributed by atoms with Crippen molar-refractivity contribution in [3.8, 4) is 11.5 Å². The van der Waals surface area contributed by atoms with Gasteiger partial charge in [-0.15, -0.1) is 0 Å². The normalized spacial score (nSPS) is 20.5. The summed E-state index contributed by atoms with van der Waals surface area (Å²) < 4.78 is 15.8. The molecule has 2 saturated heterocycles. The molecular weight excluding hydrogens is 595 g/mol. The molecule has 2 aliphatic rings. The molecule has 5 rings (SSSR count). The number of amides is 3. The van der Waals surface area contributed by atoms with Crippen LogP contribution in [0.3, 0.4) is 0 Å². The molecule has 2 fully saturated rings. The summed E-state index contributed by atoms with van der Waals surface area (Å²) in [5.41, 5.74) is 8.31. The summed E-state index contributed by atoms with van der Waals surface area (Å²) in [4.78, 5) is 35.2. The van der Waals surface area contributed by atoms with Gasteiger partial charge in [-0.05, 0) is 47.5 Å². The van der Waals surface area contributed by atoms with Crippen LogP contribution in [0.4, 0.5) is 4.79 Å². The van der Waals surface area contributed by atoms with Gasteiger partial charge in [0, 0.05) is 40.6 Å². The Bertz CT molecular complexity index is 1440. The molecule has 230 valence electrons. The van der Waals surface area contributed by atoms with Crippen molar-refractivity contribution >= 4 is 41.1 Å². The van der Waals surface area contributed by atoms with E-state index in [-0.39, 0.29) is 50.4 Å². The van der Waals surface area contributed by atoms with Crippen LogP contribution < -0.4 is 31.2 Å². The van der Waals surface area contributed by atoms with Crippen molar-refractivity contribution in [2.24, 2.45) is 5.73 Å². The number of methoxy groups -OCH3 is 2. The topological polar surface area (TPSA) is 141 Å². The van der Waals surface area contributed by atoms with Gasteiger partial charge in [0.1, 0.15) is 18.1 Å². The maximum Gasteiger partial charge on any atom is 0.407 e. The van der Waals surface area contributed by atoms with E-state index >= 15 is 0 Å². The van der Waals surface area contributed by atoms with Crippen LogP contribution in [-0.4, -0.2) is 44.2 Å². The Morgan fingerprint density at radius 3 is 2.05 bits per heavy atom. The standard InChI is InChI=1S/C20H21ClN2O5.C10H11ClN2O.CH4/c1-26-15-7-6-13(17(9-15)27-2)11-28-20(25)22-16-10-18(24)23-19(16)12-4-3-5-14(21)8-12;11-7-3-1-2-6(4-7)10-8(12)5-9(14)13-10;/h3-9,16,19H,10-11H2,1-2H3,(H,22,25)(H,23,24);1-4,8,10H,5,12H2,(H,13,14);1H4/t16-,19?;8-,10?;/m00./s1. The number of carbonyl (C=O) groups excluding carboxylic acids is 3. The first-order valence-corrected chi connectivity index (χ1v) is 13.9. The zero-order valence-corrected chi connectivity index (χ0v) is 24.6. The Kier molecular flexibility index (Phi) is 12.1. The van der Waals surface area contributed by atoms with Crippen LogP contribution >= 0.6 is 23.2 Å². The van der Waals surface area contributed by atoms with E-state index in [1.165, 1.54) is 7.11 Å². The van der Waals surface area contributed by atoms with Gasteiger partial charge in [0.2, 0.25) is 11.8 Å². The second-order valence-corrected chi connectivity index (χ2v) is 10.7. The molecule has 0 bridgehead atoms. The summed E-state index contributed by atoms with van der Waals surface area (Å²) in [5.74, 6) is 1.06. The van der Waals surface area contributed by atoms with Gasteiger partial charge in [-0.2, -0.15) is 0 Å². The first kappa shape index (κ1) is 33.5. The SMILES string of the molecule is C.COc1ccc(COC(=O)N[C@H]2CC(=O)NC2c2cccc(Cl)c2)c(OC)c1.N[C@H]1CC(=O)NC1c1cccc(Cl)c1. The summed E-state index contributed by atoms with van der Waals surface area (Å²) in [5, 5.41) is 9.66. The lowest BCUT2D eigenvalue weighted by Crippen LogP contribution is -2.38. The third-order valence-electron chi connectivity index (χ3n) is 6.86. The molecule has 0 spiro atoms. The Hall–Kier alpha value is -3.99. The molecule has 0 aromatic heterocycles. The van der Waals surface area contributed by atoms with E-state index in [1.54, 1.807) is 49.6 Å². The van der Waals surface area contributed by atoms with Crippen molar-refractivity contribution in [2.45, 2.75) is 51.0 Å². The largest absolute Gasteiger partial charge is 0.497 e. The number of ether oxygens (including phenoxy) is 3. The van der Waals surface area contributed by atoms with Crippen molar-refractivity contribution in [1.82, 2.24) is 16.0 Å². The Morgan fingerprint density at radius 1 is 0.884 bits per heavy atom. The molecule has 43 heavy (non-hydrogen) atoms. The first-order chi connectivity index (χ1) is 20.2. The highest BCUT2D eigenvalue weighted by atomic mass is 35.5. The average Bonchev–Trinajstić information content (AvgIpc) is 3.51. The molecule has 10 nitrogen and oxygen atoms in total. The van der Waals surface area contributed by atoms with E-state index in [4.69, 9.17) is 43.1 Å². The second kappa shape index (κ2) is 15.5. The highest BCUT2D eigenvalue weighted by Gasteiger charge is 2.35. The number of rotatable bonds is 7. The number of alkyl carbamates (subject to hydrolysis) is 1. The lowest BCUT2D eigenvalue weighted by Gasteiger charge is -2.20. The van der Waals surface area contributed by atoms with E-state index in [9.17, 15) is 14.4 Å². The van der Waals surface area contributed by atoms with Gasteiger partial charge in [0.05, 0.1) is 32.3 Å². The summed E-state index contributed by atoms with van der Waals surface area (Å²) in [7, 11) is 3.09. The fraction of sp³-hybridized carbons (Fsp3) is 0.323. The van der Waals surface area contributed by atoms with Gasteiger partial charge in [-0.1, -0.05) is 54.9 Å². The van der Waals surface area contributed by atoms with Crippen molar-refractivity contribution in [2.75, 3.05) is 14.2 Å². The molecule has 5 N–H and O–H groups in total. The van der Waals surface area contributed by atoms with Crippen molar-refractivity contribution in [1.29, 1.82) is 0 Å². The molecule has 2 unspecified atom stereocenters. The molecular formula is C31H36Cl2N4O6. The molecule has 3 amide bonds. The monoisotopic (exact) mass is 630 g/mol. The number of hydrogen-bond donors (Lipinski definition) is 4. The van der Waals surface area contributed by atoms with Gasteiger partial charge in [0.25, 0.3) is 0 Å². The third kappa shape index (κ3) is 9.00. The van der Waals surface area contributed by atoms with Crippen LogP contribution in [0.2, 0.25) is 10.0 Å². The zero-order chi connectivity index (χ0) is 30.2. The Labute approximate surface area is 261 Å². The number of carbonyl (C=O) groups is 3. The predicted molar refractivity (Wildman–Crippen MR) is 165 cm³/mol. The number of nitrogens with two attached hydrogens (primary N) is 1. The second-order valence-electron chi connectivity index (χ2n) is 9.78. The minimum absolute atomic E-state index is 0. The highest BCUT2D eigenvalue weighted by Crippen LogP contribution is 2.28. The Morgan fingerprint density at radius 2 is 1.49 bits per heavy atom. The number of hydrogen-bond acceptors (Lipinski definition) is 7. The van der Waals surface area contributed by atoms with Gasteiger partial charge in [-0.25, -0.2) is 4.79 Å². The molecule has 0 radical (unpaired) electrons. The van der Waals surface area contributed by atoms with E-state index < -0.39 is 12.1 Å². The number of nitrogens with one attached hydrogen (secondary N) is 3. The Balaban J connectivity index is 0.000000283. The lowest BCUT2D eigenvalue weighted by atomic mass is 10.0. The smallest absolute Gasteiger partial charge is 0.407 e. The van der Waals surface area contributed by atoms with E-state index in [2.05, 4.69) is 16.0 Å². The molecule has 2 aliphatic heterocycles. The van der Waals surface area contributed by atoms with E-state index in [0.29, 0.717) is 33.5 Å². The first-order valence-electron chi connectivity index (χ1n) is 13.2. The summed E-state index contributed by atoms with van der Waals surface area (Å²) >= 11 is 11.9. The third-order valence-corrected chi connectivity index (χ3v) is 7.33. The van der Waals surface area contributed by atoms with Crippen LogP contribution in [0.1, 0.15) is 49.0 Å². The van der Waals surface area contributed by atoms with Crippen molar-refractivity contribution in [3.63, 3.8) is 0 Å². The fourth-order valence-electron chi connectivity index (χ4n) is 4.81. The molecule has 0 aliphatic carbocycles. The number of halogens is 2. The van der Waals surface area contributed by atoms with Gasteiger partial charge >= 0.3 is 6.09 Å². The molecule has 0 saturated carbocycles. The summed E-state index contributed by atoms with van der Waals surface area (Å²) in [6, 6.07) is 18.8. The van der Waals surface area contributed by atoms with Crippen molar-refractivity contribution in [3.05, 3.63) is 93.5 Å². The number of benzene rings is 3. The van der Waals surface area contributed by atoms with Gasteiger partial charge in [0.15, 0.2) is 0 Å². The van der Waals surface area contributed by atoms with Gasteiger partial charge < -0.3 is 35.9 Å². The lowest BCUT2D eigenvalue weighted by molar-refractivity contribution is -0.120. The fourth-order valence-corrected chi connectivity index (χ4v) is 5.21. The van der Waals surface area contributed by atoms with Crippen molar-refractivity contribution < 1.29 is 28.6 Å². The minimum Gasteiger partial charge on any atom is -0.497 e. The molecule has 12 heteroatoms. The van der Waals surface area contributed by atoms with Crippen LogP contribution in [0.15, 0.2) is 66.7 Å². The summed E-state index contributed by atoms with van der Waals surface area (Å²) in [6.45, 7) is 0.0227. The average molecular weight is 632 g/mol. The summed E-state index contributed by atoms with van der Waals surface area (Å²) in [6.07, 6.45) is -0.0682. The maximum atomic E-state index is 12.3.